The molecule has 0 radical (unpaired) electrons. The van der Waals surface area contributed by atoms with Crippen LogP contribution >= 0.6 is 24.0 Å². The second kappa shape index (κ2) is 8.72. The molecule has 0 aromatic carbocycles. The number of guanidine groups is 1. The van der Waals surface area contributed by atoms with Crippen molar-refractivity contribution in [3.63, 3.8) is 0 Å². The van der Waals surface area contributed by atoms with Gasteiger partial charge < -0.3 is 26.0 Å². The third-order valence-corrected chi connectivity index (χ3v) is 3.56. The van der Waals surface area contributed by atoms with Gasteiger partial charge in [0.1, 0.15) is 5.60 Å². The van der Waals surface area contributed by atoms with Crippen LogP contribution in [0.1, 0.15) is 34.6 Å². The molecular weight excluding hydrogens is 425 g/mol. The Labute approximate surface area is 161 Å². The first-order valence-electron chi connectivity index (χ1n) is 7.75. The Morgan fingerprint density at radius 2 is 1.46 bits per heavy atom. The van der Waals surface area contributed by atoms with Gasteiger partial charge in [0, 0.05) is 26.2 Å². The second-order valence-electron chi connectivity index (χ2n) is 7.38. The lowest BCUT2D eigenvalue weighted by Gasteiger charge is -2.36. The fourth-order valence-corrected chi connectivity index (χ4v) is 1.90. The van der Waals surface area contributed by atoms with E-state index in [1.54, 1.807) is 18.7 Å². The summed E-state index contributed by atoms with van der Waals surface area (Å²) >= 11 is 0. The largest absolute Gasteiger partial charge is 0.444 e. The van der Waals surface area contributed by atoms with Gasteiger partial charge in [0.25, 0.3) is 0 Å². The number of hydrogen-bond acceptors (Lipinski definition) is 4. The summed E-state index contributed by atoms with van der Waals surface area (Å²) in [5.74, 6) is -0.0491. The van der Waals surface area contributed by atoms with Gasteiger partial charge >= 0.3 is 6.09 Å². The van der Waals surface area contributed by atoms with Crippen LogP contribution in [-0.4, -0.2) is 66.1 Å². The van der Waals surface area contributed by atoms with Crippen molar-refractivity contribution in [1.29, 1.82) is 0 Å². The standard InChI is InChI=1S/C15H29N5O3.HI/c1-14(2,3)23-13(22)20-8-6-19(7-9-20)12(17)18-10-15(4,5)11(16)21;/h6-10H2,1-5H3,(H2,16,21)(H2,17,18);1H. The van der Waals surface area contributed by atoms with Gasteiger partial charge in [-0.15, -0.1) is 24.0 Å². The van der Waals surface area contributed by atoms with E-state index in [0.29, 0.717) is 32.1 Å². The molecule has 0 atom stereocenters. The van der Waals surface area contributed by atoms with Crippen molar-refractivity contribution < 1.29 is 14.3 Å². The van der Waals surface area contributed by atoms with E-state index < -0.39 is 16.9 Å². The van der Waals surface area contributed by atoms with E-state index in [-0.39, 0.29) is 36.6 Å². The minimum absolute atomic E-state index is 0. The van der Waals surface area contributed by atoms with Crippen molar-refractivity contribution in [2.45, 2.75) is 40.2 Å². The molecule has 0 spiro atoms. The number of aliphatic imine (C=N–C) groups is 1. The van der Waals surface area contributed by atoms with Gasteiger partial charge in [-0.2, -0.15) is 0 Å². The lowest BCUT2D eigenvalue weighted by Crippen LogP contribution is -2.53. The smallest absolute Gasteiger partial charge is 0.410 e. The fourth-order valence-electron chi connectivity index (χ4n) is 1.90. The van der Waals surface area contributed by atoms with E-state index in [2.05, 4.69) is 4.99 Å². The molecule has 0 aromatic heterocycles. The summed E-state index contributed by atoms with van der Waals surface area (Å²) in [4.78, 5) is 31.1. The van der Waals surface area contributed by atoms with E-state index >= 15 is 0 Å². The van der Waals surface area contributed by atoms with Crippen LogP contribution in [0.5, 0.6) is 0 Å². The number of hydrogen-bond donors (Lipinski definition) is 2. The number of nitrogens with zero attached hydrogens (tertiary/aromatic N) is 3. The monoisotopic (exact) mass is 455 g/mol. The first-order chi connectivity index (χ1) is 10.4. The summed E-state index contributed by atoms with van der Waals surface area (Å²) in [6, 6.07) is 0. The van der Waals surface area contributed by atoms with E-state index in [4.69, 9.17) is 16.2 Å². The number of piperazine rings is 1. The Balaban J connectivity index is 0.00000529. The molecular formula is C15H30IN5O3. The zero-order valence-corrected chi connectivity index (χ0v) is 17.5. The number of ether oxygens (including phenoxy) is 1. The summed E-state index contributed by atoms with van der Waals surface area (Å²) < 4.78 is 5.35. The first-order valence-corrected chi connectivity index (χ1v) is 7.75. The van der Waals surface area contributed by atoms with Crippen LogP contribution in [0.25, 0.3) is 0 Å². The quantitative estimate of drug-likeness (QED) is 0.374. The first kappa shape index (κ1) is 22.7. The van der Waals surface area contributed by atoms with Crippen molar-refractivity contribution in [3.8, 4) is 0 Å². The Bertz CT molecular complexity index is 480. The molecule has 1 aliphatic heterocycles. The van der Waals surface area contributed by atoms with Crippen molar-refractivity contribution >= 4 is 41.9 Å². The van der Waals surface area contributed by atoms with Gasteiger partial charge in [0.05, 0.1) is 12.0 Å². The Hall–Kier alpha value is -1.26. The number of halogens is 1. The molecule has 4 N–H and O–H groups in total. The maximum absolute atomic E-state index is 12.0. The van der Waals surface area contributed by atoms with Crippen LogP contribution in [0, 0.1) is 5.41 Å². The number of carbonyl (C=O) groups is 2. The van der Waals surface area contributed by atoms with Crippen LogP contribution in [0.3, 0.4) is 0 Å². The topological polar surface area (TPSA) is 114 Å². The van der Waals surface area contributed by atoms with E-state index in [1.165, 1.54) is 0 Å². The second-order valence-corrected chi connectivity index (χ2v) is 7.38. The molecule has 1 aliphatic rings. The molecule has 2 amide bonds. The molecule has 24 heavy (non-hydrogen) atoms. The minimum atomic E-state index is -0.733. The molecule has 0 aliphatic carbocycles. The fraction of sp³-hybridized carbons (Fsp3) is 0.800. The molecule has 9 heteroatoms. The summed E-state index contributed by atoms with van der Waals surface area (Å²) in [6.07, 6.45) is -0.317. The molecule has 0 saturated carbocycles. The third kappa shape index (κ3) is 7.10. The van der Waals surface area contributed by atoms with Crippen molar-refractivity contribution in [3.05, 3.63) is 0 Å². The SMILES string of the molecule is CC(C)(C)OC(=O)N1CCN(C(N)=NCC(C)(C)C(N)=O)CC1.I. The molecule has 1 rings (SSSR count). The zero-order chi connectivity index (χ0) is 17.8. The molecule has 0 unspecified atom stereocenters. The minimum Gasteiger partial charge on any atom is -0.444 e. The number of amides is 2. The van der Waals surface area contributed by atoms with Crippen molar-refractivity contribution in [2.75, 3.05) is 32.7 Å². The van der Waals surface area contributed by atoms with Crippen LogP contribution in [0.4, 0.5) is 4.79 Å². The summed E-state index contributed by atoms with van der Waals surface area (Å²) in [5.41, 5.74) is 10.0. The van der Waals surface area contributed by atoms with Crippen LogP contribution in [0.2, 0.25) is 0 Å². The molecule has 1 heterocycles. The van der Waals surface area contributed by atoms with E-state index in [9.17, 15) is 9.59 Å². The van der Waals surface area contributed by atoms with Gasteiger partial charge in [0.2, 0.25) is 5.91 Å². The van der Waals surface area contributed by atoms with Crippen LogP contribution in [-0.2, 0) is 9.53 Å². The summed E-state index contributed by atoms with van der Waals surface area (Å²) in [7, 11) is 0. The Kier molecular flexibility index (Phi) is 8.27. The lowest BCUT2D eigenvalue weighted by molar-refractivity contribution is -0.125. The molecule has 140 valence electrons. The van der Waals surface area contributed by atoms with Gasteiger partial charge in [-0.1, -0.05) is 0 Å². The molecule has 1 fully saturated rings. The molecule has 0 bridgehead atoms. The van der Waals surface area contributed by atoms with Gasteiger partial charge in [-0.05, 0) is 34.6 Å². The predicted molar refractivity (Wildman–Crippen MR) is 104 cm³/mol. The van der Waals surface area contributed by atoms with Crippen molar-refractivity contribution in [1.82, 2.24) is 9.80 Å². The average Bonchev–Trinajstić information content (AvgIpc) is 2.43. The highest BCUT2D eigenvalue weighted by Crippen LogP contribution is 2.15. The maximum atomic E-state index is 12.0. The zero-order valence-electron chi connectivity index (χ0n) is 15.2. The van der Waals surface area contributed by atoms with Crippen LogP contribution < -0.4 is 11.5 Å². The van der Waals surface area contributed by atoms with Gasteiger partial charge in [0.15, 0.2) is 5.96 Å². The number of rotatable bonds is 3. The molecule has 1 saturated heterocycles. The maximum Gasteiger partial charge on any atom is 0.410 e. The summed E-state index contributed by atoms with van der Waals surface area (Å²) in [6.45, 7) is 11.4. The third-order valence-electron chi connectivity index (χ3n) is 3.56. The van der Waals surface area contributed by atoms with Crippen molar-refractivity contribution in [2.24, 2.45) is 21.9 Å². The van der Waals surface area contributed by atoms with E-state index in [0.717, 1.165) is 0 Å². The number of nitrogens with two attached hydrogens (primary N) is 2. The summed E-state index contributed by atoms with van der Waals surface area (Å²) in [5, 5.41) is 0. The van der Waals surface area contributed by atoms with Gasteiger partial charge in [-0.25, -0.2) is 4.79 Å². The van der Waals surface area contributed by atoms with Gasteiger partial charge in [-0.3, -0.25) is 9.79 Å². The number of carbonyl (C=O) groups excluding carboxylic acids is 2. The predicted octanol–water partition coefficient (Wildman–Crippen LogP) is 0.983. The number of primary amides is 1. The molecule has 8 nitrogen and oxygen atoms in total. The highest BCUT2D eigenvalue weighted by Gasteiger charge is 2.28. The molecule has 0 aromatic rings. The normalized spacial score (nSPS) is 16.5. The van der Waals surface area contributed by atoms with E-state index in [1.807, 2.05) is 25.7 Å². The highest BCUT2D eigenvalue weighted by atomic mass is 127. The lowest BCUT2D eigenvalue weighted by atomic mass is 9.93. The Morgan fingerprint density at radius 1 is 1.00 bits per heavy atom. The highest BCUT2D eigenvalue weighted by molar-refractivity contribution is 14.0. The Morgan fingerprint density at radius 3 is 1.88 bits per heavy atom. The average molecular weight is 455 g/mol. The van der Waals surface area contributed by atoms with Crippen LogP contribution in [0.15, 0.2) is 4.99 Å².